The number of aryl methyl sites for hydroxylation is 2. The standard InChI is InChI=1S/C24H35N3O5/c1-10-27(21(30)17(14-28)25-22(31)32-24(7,8)9)19(20(29)26-23(4,5)6)18-15(2)12-11-13-16(18)3/h1,11-13,17,19,28H,14H2,2-9H3,(H,25,31)(H,26,29). The van der Waals surface area contributed by atoms with Crippen molar-refractivity contribution >= 4 is 17.9 Å². The number of carbonyl (C=O) groups excluding carboxylic acids is 3. The lowest BCUT2D eigenvalue weighted by Gasteiger charge is -2.33. The molecular formula is C24H35N3O5. The molecule has 2 atom stereocenters. The molecule has 3 N–H and O–H groups in total. The summed E-state index contributed by atoms with van der Waals surface area (Å²) in [6, 6.07) is 5.20. The van der Waals surface area contributed by atoms with E-state index in [-0.39, 0.29) is 0 Å². The Morgan fingerprint density at radius 2 is 1.66 bits per heavy atom. The van der Waals surface area contributed by atoms with Gasteiger partial charge in [0.2, 0.25) is 5.91 Å². The Labute approximate surface area is 190 Å². The minimum absolute atomic E-state index is 0.477. The van der Waals surface area contributed by atoms with Crippen LogP contribution in [-0.4, -0.2) is 51.7 Å². The summed E-state index contributed by atoms with van der Waals surface area (Å²) < 4.78 is 5.17. The quantitative estimate of drug-likeness (QED) is 0.461. The Hall–Kier alpha value is -3.05. The number of nitrogens with zero attached hydrogens (tertiary/aromatic N) is 1. The number of alkyl carbamates (subject to hydrolysis) is 1. The summed E-state index contributed by atoms with van der Waals surface area (Å²) in [5.74, 6) is -1.28. The summed E-state index contributed by atoms with van der Waals surface area (Å²) in [6.45, 7) is 13.4. The molecule has 2 unspecified atom stereocenters. The Kier molecular flexibility index (Phi) is 8.86. The molecule has 0 aromatic heterocycles. The molecule has 3 amide bonds. The van der Waals surface area contributed by atoms with Crippen molar-refractivity contribution < 1.29 is 24.2 Å². The summed E-state index contributed by atoms with van der Waals surface area (Å²) in [6.07, 6.45) is 4.80. The van der Waals surface area contributed by atoms with Gasteiger partial charge in [0, 0.05) is 11.6 Å². The van der Waals surface area contributed by atoms with E-state index >= 15 is 0 Å². The average Bonchev–Trinajstić information content (AvgIpc) is 2.62. The maximum atomic E-state index is 13.3. The van der Waals surface area contributed by atoms with E-state index in [2.05, 4.69) is 16.7 Å². The molecular weight excluding hydrogens is 410 g/mol. The molecule has 0 heterocycles. The van der Waals surface area contributed by atoms with Gasteiger partial charge >= 0.3 is 6.09 Å². The first-order valence-corrected chi connectivity index (χ1v) is 10.4. The van der Waals surface area contributed by atoms with Crippen LogP contribution in [0.15, 0.2) is 18.2 Å². The number of hydrogen-bond donors (Lipinski definition) is 3. The van der Waals surface area contributed by atoms with Gasteiger partial charge in [0.25, 0.3) is 5.91 Å². The van der Waals surface area contributed by atoms with Crippen LogP contribution in [-0.2, 0) is 14.3 Å². The van der Waals surface area contributed by atoms with Crippen molar-refractivity contribution in [2.45, 2.75) is 78.6 Å². The predicted octanol–water partition coefficient (Wildman–Crippen LogP) is 2.56. The van der Waals surface area contributed by atoms with Gasteiger partial charge in [0.05, 0.1) is 6.61 Å². The number of amides is 3. The van der Waals surface area contributed by atoms with Crippen LogP contribution < -0.4 is 10.6 Å². The monoisotopic (exact) mass is 445 g/mol. The molecule has 0 aliphatic carbocycles. The molecule has 1 rings (SSSR count). The van der Waals surface area contributed by atoms with Crippen molar-refractivity contribution in [3.8, 4) is 12.5 Å². The lowest BCUT2D eigenvalue weighted by atomic mass is 9.93. The Morgan fingerprint density at radius 3 is 2.06 bits per heavy atom. The topological polar surface area (TPSA) is 108 Å². The van der Waals surface area contributed by atoms with Gasteiger partial charge in [0.1, 0.15) is 17.7 Å². The molecule has 8 heteroatoms. The van der Waals surface area contributed by atoms with Crippen molar-refractivity contribution in [2.24, 2.45) is 0 Å². The molecule has 1 aromatic rings. The highest BCUT2D eigenvalue weighted by Crippen LogP contribution is 2.28. The third-order valence-electron chi connectivity index (χ3n) is 4.37. The molecule has 1 aromatic carbocycles. The molecule has 0 saturated heterocycles. The smallest absolute Gasteiger partial charge is 0.408 e. The normalized spacial score (nSPS) is 13.4. The first kappa shape index (κ1) is 27.0. The molecule has 0 spiro atoms. The summed E-state index contributed by atoms with van der Waals surface area (Å²) in [5, 5.41) is 15.0. The summed E-state index contributed by atoms with van der Waals surface area (Å²) in [5.41, 5.74) is 0.738. The summed E-state index contributed by atoms with van der Waals surface area (Å²) >= 11 is 0. The van der Waals surface area contributed by atoms with Crippen molar-refractivity contribution in [3.05, 3.63) is 34.9 Å². The molecule has 32 heavy (non-hydrogen) atoms. The highest BCUT2D eigenvalue weighted by atomic mass is 16.6. The average molecular weight is 446 g/mol. The largest absolute Gasteiger partial charge is 0.444 e. The first-order valence-electron chi connectivity index (χ1n) is 10.4. The van der Waals surface area contributed by atoms with Gasteiger partial charge in [-0.3, -0.25) is 14.5 Å². The van der Waals surface area contributed by atoms with Gasteiger partial charge in [-0.05, 0) is 72.1 Å². The van der Waals surface area contributed by atoms with Crippen LogP contribution in [0.25, 0.3) is 0 Å². The van der Waals surface area contributed by atoms with E-state index < -0.39 is 47.7 Å². The second kappa shape index (κ2) is 10.5. The number of hydrogen-bond acceptors (Lipinski definition) is 5. The number of aliphatic hydroxyl groups excluding tert-OH is 1. The zero-order valence-electron chi connectivity index (χ0n) is 20.2. The number of nitrogens with one attached hydrogen (secondary N) is 2. The minimum Gasteiger partial charge on any atom is -0.444 e. The Balaban J connectivity index is 3.42. The second-order valence-electron chi connectivity index (χ2n) is 9.67. The second-order valence-corrected chi connectivity index (χ2v) is 9.67. The Bertz CT molecular complexity index is 870. The SMILES string of the molecule is C#CN(C(=O)C(CO)NC(=O)OC(C)(C)C)C(C(=O)NC(C)(C)C)c1c(C)cccc1C. The van der Waals surface area contributed by atoms with Crippen LogP contribution in [0.5, 0.6) is 0 Å². The third-order valence-corrected chi connectivity index (χ3v) is 4.37. The number of aliphatic hydroxyl groups is 1. The van der Waals surface area contributed by atoms with Crippen molar-refractivity contribution in [1.82, 2.24) is 15.5 Å². The van der Waals surface area contributed by atoms with E-state index in [0.717, 1.165) is 16.0 Å². The van der Waals surface area contributed by atoms with E-state index in [0.29, 0.717) is 5.56 Å². The molecule has 0 aliphatic rings. The maximum absolute atomic E-state index is 13.3. The van der Waals surface area contributed by atoms with E-state index in [1.54, 1.807) is 20.8 Å². The molecule has 0 aliphatic heterocycles. The van der Waals surface area contributed by atoms with E-state index in [1.807, 2.05) is 52.8 Å². The van der Waals surface area contributed by atoms with Crippen LogP contribution in [0.3, 0.4) is 0 Å². The zero-order valence-corrected chi connectivity index (χ0v) is 20.2. The number of terminal acetylenes is 1. The van der Waals surface area contributed by atoms with Crippen LogP contribution in [0.4, 0.5) is 4.79 Å². The fourth-order valence-electron chi connectivity index (χ4n) is 3.14. The molecule has 0 bridgehead atoms. The molecule has 0 radical (unpaired) electrons. The molecule has 0 fully saturated rings. The summed E-state index contributed by atoms with van der Waals surface area (Å²) in [7, 11) is 0. The number of rotatable bonds is 6. The van der Waals surface area contributed by atoms with Gasteiger partial charge in [-0.15, -0.1) is 0 Å². The predicted molar refractivity (Wildman–Crippen MR) is 122 cm³/mol. The van der Waals surface area contributed by atoms with Crippen LogP contribution in [0, 0.1) is 26.3 Å². The van der Waals surface area contributed by atoms with Gasteiger partial charge in [0.15, 0.2) is 0 Å². The van der Waals surface area contributed by atoms with E-state index in [9.17, 15) is 19.5 Å². The van der Waals surface area contributed by atoms with E-state index in [4.69, 9.17) is 11.2 Å². The third kappa shape index (κ3) is 7.57. The minimum atomic E-state index is -1.39. The number of benzene rings is 1. The fraction of sp³-hybridized carbons (Fsp3) is 0.542. The highest BCUT2D eigenvalue weighted by molar-refractivity contribution is 5.94. The summed E-state index contributed by atoms with van der Waals surface area (Å²) in [4.78, 5) is 39.7. The number of ether oxygens (including phenoxy) is 1. The van der Waals surface area contributed by atoms with Crippen LogP contribution >= 0.6 is 0 Å². The van der Waals surface area contributed by atoms with Crippen molar-refractivity contribution in [1.29, 1.82) is 0 Å². The molecule has 176 valence electrons. The highest BCUT2D eigenvalue weighted by Gasteiger charge is 2.38. The fourth-order valence-corrected chi connectivity index (χ4v) is 3.14. The van der Waals surface area contributed by atoms with Gasteiger partial charge in [-0.25, -0.2) is 4.79 Å². The van der Waals surface area contributed by atoms with E-state index in [1.165, 1.54) is 0 Å². The zero-order chi connectivity index (χ0) is 24.9. The van der Waals surface area contributed by atoms with Crippen molar-refractivity contribution in [3.63, 3.8) is 0 Å². The number of carbonyl (C=O) groups is 3. The maximum Gasteiger partial charge on any atom is 0.408 e. The first-order chi connectivity index (χ1) is 14.6. The van der Waals surface area contributed by atoms with Gasteiger partial charge in [-0.2, -0.15) is 0 Å². The lowest BCUT2D eigenvalue weighted by Crippen LogP contribution is -2.54. The lowest BCUT2D eigenvalue weighted by molar-refractivity contribution is -0.139. The molecule has 8 nitrogen and oxygen atoms in total. The van der Waals surface area contributed by atoms with Gasteiger partial charge < -0.3 is 20.5 Å². The van der Waals surface area contributed by atoms with Crippen LogP contribution in [0.2, 0.25) is 0 Å². The molecule has 0 saturated carbocycles. The van der Waals surface area contributed by atoms with Crippen LogP contribution in [0.1, 0.15) is 64.3 Å². The Morgan fingerprint density at radius 1 is 1.12 bits per heavy atom. The van der Waals surface area contributed by atoms with Gasteiger partial charge in [-0.1, -0.05) is 24.6 Å². The van der Waals surface area contributed by atoms with Crippen molar-refractivity contribution in [2.75, 3.05) is 6.61 Å².